The lowest BCUT2D eigenvalue weighted by Crippen LogP contribution is -2.52. The number of benzene rings is 3. The van der Waals surface area contributed by atoms with Gasteiger partial charge in [-0.05, 0) is 48.7 Å². The van der Waals surface area contributed by atoms with Crippen LogP contribution in [-0.2, 0) is 28.3 Å². The summed E-state index contributed by atoms with van der Waals surface area (Å²) in [5.74, 6) is 1.28. The number of amides is 2. The van der Waals surface area contributed by atoms with Crippen molar-refractivity contribution < 1.29 is 14.3 Å². The SMILES string of the molecule is COc1cccc(CN(C(=O)CSCc2ccccc2Cl)[C@@H](Cc2ccccc2)C(=O)NC(C)C)c1. The number of hydrogen-bond acceptors (Lipinski definition) is 4. The van der Waals surface area contributed by atoms with Gasteiger partial charge in [-0.2, -0.15) is 0 Å². The molecule has 0 spiro atoms. The molecule has 0 aliphatic rings. The minimum Gasteiger partial charge on any atom is -0.497 e. The van der Waals surface area contributed by atoms with Crippen molar-refractivity contribution >= 4 is 35.2 Å². The molecule has 1 N–H and O–H groups in total. The van der Waals surface area contributed by atoms with Crippen molar-refractivity contribution in [1.82, 2.24) is 10.2 Å². The second-order valence-corrected chi connectivity index (χ2v) is 10.2. The van der Waals surface area contributed by atoms with Gasteiger partial charge in [-0.25, -0.2) is 0 Å². The zero-order chi connectivity index (χ0) is 25.9. The third kappa shape index (κ3) is 8.32. The number of ether oxygens (including phenoxy) is 1. The van der Waals surface area contributed by atoms with Crippen LogP contribution >= 0.6 is 23.4 Å². The van der Waals surface area contributed by atoms with Gasteiger partial charge in [-0.15, -0.1) is 11.8 Å². The Morgan fingerprint density at radius 1 is 0.972 bits per heavy atom. The Morgan fingerprint density at radius 2 is 1.67 bits per heavy atom. The summed E-state index contributed by atoms with van der Waals surface area (Å²) in [6.45, 7) is 4.14. The topological polar surface area (TPSA) is 58.6 Å². The summed E-state index contributed by atoms with van der Waals surface area (Å²) in [6.07, 6.45) is 0.421. The van der Waals surface area contributed by atoms with E-state index in [1.165, 1.54) is 11.8 Å². The number of thioether (sulfide) groups is 1. The molecule has 190 valence electrons. The molecule has 0 aliphatic heterocycles. The number of carbonyl (C=O) groups is 2. The van der Waals surface area contributed by atoms with E-state index < -0.39 is 6.04 Å². The van der Waals surface area contributed by atoms with Gasteiger partial charge in [0, 0.05) is 29.8 Å². The molecule has 0 unspecified atom stereocenters. The minimum atomic E-state index is -0.658. The summed E-state index contributed by atoms with van der Waals surface area (Å²) in [5.41, 5.74) is 2.87. The van der Waals surface area contributed by atoms with Crippen LogP contribution in [0.4, 0.5) is 0 Å². The van der Waals surface area contributed by atoms with Crippen LogP contribution in [0.15, 0.2) is 78.9 Å². The number of methoxy groups -OCH3 is 1. The maximum Gasteiger partial charge on any atom is 0.243 e. The molecule has 2 amide bonds. The summed E-state index contributed by atoms with van der Waals surface area (Å²) in [5, 5.41) is 3.70. The number of halogens is 1. The molecule has 36 heavy (non-hydrogen) atoms. The Bertz CT molecular complexity index is 1140. The molecule has 0 bridgehead atoms. The summed E-state index contributed by atoms with van der Waals surface area (Å²) in [4.78, 5) is 28.8. The molecule has 7 heteroatoms. The number of hydrogen-bond donors (Lipinski definition) is 1. The first-order valence-electron chi connectivity index (χ1n) is 11.9. The molecule has 1 atom stereocenters. The largest absolute Gasteiger partial charge is 0.497 e. The van der Waals surface area contributed by atoms with Gasteiger partial charge in [-0.3, -0.25) is 9.59 Å². The number of nitrogens with one attached hydrogen (secondary N) is 1. The Labute approximate surface area is 223 Å². The standard InChI is InChI=1S/C29H33ClN2O3S/c1-21(2)31-29(34)27(17-22-10-5-4-6-11-22)32(18-23-12-9-14-25(16-23)35-3)28(33)20-36-19-24-13-7-8-15-26(24)30/h4-16,21,27H,17-20H2,1-3H3,(H,31,34)/t27-/m0/s1. The molecule has 0 heterocycles. The van der Waals surface area contributed by atoms with Gasteiger partial charge in [0.25, 0.3) is 0 Å². The van der Waals surface area contributed by atoms with Crippen molar-refractivity contribution in [3.63, 3.8) is 0 Å². The van der Waals surface area contributed by atoms with E-state index >= 15 is 0 Å². The molecule has 5 nitrogen and oxygen atoms in total. The Kier molecular flexibility index (Phi) is 10.7. The van der Waals surface area contributed by atoms with E-state index in [-0.39, 0.29) is 23.6 Å². The molecule has 3 aromatic carbocycles. The highest BCUT2D eigenvalue weighted by Crippen LogP contribution is 2.23. The van der Waals surface area contributed by atoms with Crippen LogP contribution < -0.4 is 10.1 Å². The van der Waals surface area contributed by atoms with Crippen LogP contribution in [0.2, 0.25) is 5.02 Å². The molecule has 0 saturated heterocycles. The number of carbonyl (C=O) groups excluding carboxylic acids is 2. The quantitative estimate of drug-likeness (QED) is 0.328. The number of rotatable bonds is 12. The van der Waals surface area contributed by atoms with Gasteiger partial charge in [0.2, 0.25) is 11.8 Å². The predicted octanol–water partition coefficient (Wildman–Crippen LogP) is 5.75. The van der Waals surface area contributed by atoms with Gasteiger partial charge in [0.15, 0.2) is 0 Å². The average molecular weight is 525 g/mol. The first-order valence-corrected chi connectivity index (χ1v) is 13.5. The van der Waals surface area contributed by atoms with E-state index in [0.717, 1.165) is 16.7 Å². The number of nitrogens with zero attached hydrogens (tertiary/aromatic N) is 1. The fraction of sp³-hybridized carbons (Fsp3) is 0.310. The first kappa shape index (κ1) is 27.6. The van der Waals surface area contributed by atoms with E-state index in [1.807, 2.05) is 92.7 Å². The van der Waals surface area contributed by atoms with Crippen LogP contribution in [0.3, 0.4) is 0 Å². The van der Waals surface area contributed by atoms with Crippen molar-refractivity contribution in [2.24, 2.45) is 0 Å². The molecular formula is C29H33ClN2O3S. The second-order valence-electron chi connectivity index (χ2n) is 8.83. The van der Waals surface area contributed by atoms with Gasteiger partial charge in [0.1, 0.15) is 11.8 Å². The molecule has 0 saturated carbocycles. The Hall–Kier alpha value is -2.96. The van der Waals surface area contributed by atoms with Gasteiger partial charge < -0.3 is 15.0 Å². The summed E-state index contributed by atoms with van der Waals surface area (Å²) in [6, 6.07) is 24.3. The van der Waals surface area contributed by atoms with E-state index in [1.54, 1.807) is 12.0 Å². The smallest absolute Gasteiger partial charge is 0.243 e. The van der Waals surface area contributed by atoms with Crippen LogP contribution in [0, 0.1) is 0 Å². The lowest BCUT2D eigenvalue weighted by molar-refractivity contribution is -0.139. The van der Waals surface area contributed by atoms with Gasteiger partial charge in [0.05, 0.1) is 12.9 Å². The molecule has 0 aromatic heterocycles. The van der Waals surface area contributed by atoms with Crippen LogP contribution in [0.1, 0.15) is 30.5 Å². The average Bonchev–Trinajstić information content (AvgIpc) is 2.87. The molecule has 3 aromatic rings. The predicted molar refractivity (Wildman–Crippen MR) is 148 cm³/mol. The Morgan fingerprint density at radius 3 is 2.36 bits per heavy atom. The highest BCUT2D eigenvalue weighted by Gasteiger charge is 2.30. The minimum absolute atomic E-state index is 0.0425. The van der Waals surface area contributed by atoms with E-state index in [0.29, 0.717) is 29.5 Å². The van der Waals surface area contributed by atoms with Crippen LogP contribution in [0.25, 0.3) is 0 Å². The van der Waals surface area contributed by atoms with E-state index in [9.17, 15) is 9.59 Å². The molecule has 3 rings (SSSR count). The van der Waals surface area contributed by atoms with Crippen LogP contribution in [0.5, 0.6) is 5.75 Å². The van der Waals surface area contributed by atoms with E-state index in [4.69, 9.17) is 16.3 Å². The van der Waals surface area contributed by atoms with Crippen molar-refractivity contribution in [2.75, 3.05) is 12.9 Å². The van der Waals surface area contributed by atoms with Gasteiger partial charge >= 0.3 is 0 Å². The maximum atomic E-state index is 13.7. The van der Waals surface area contributed by atoms with Crippen molar-refractivity contribution in [3.8, 4) is 5.75 Å². The maximum absolute atomic E-state index is 13.7. The lowest BCUT2D eigenvalue weighted by atomic mass is 10.0. The fourth-order valence-electron chi connectivity index (χ4n) is 3.85. The molecule has 0 aliphatic carbocycles. The first-order chi connectivity index (χ1) is 17.4. The van der Waals surface area contributed by atoms with Crippen molar-refractivity contribution in [1.29, 1.82) is 0 Å². The Balaban J connectivity index is 1.87. The summed E-state index contributed by atoms with van der Waals surface area (Å²) >= 11 is 7.79. The molecule has 0 radical (unpaired) electrons. The summed E-state index contributed by atoms with van der Waals surface area (Å²) in [7, 11) is 1.61. The zero-order valence-corrected chi connectivity index (χ0v) is 22.5. The van der Waals surface area contributed by atoms with Crippen molar-refractivity contribution in [3.05, 3.63) is 101 Å². The third-order valence-corrected chi connectivity index (χ3v) is 6.96. The normalized spacial score (nSPS) is 11.7. The molecule has 0 fully saturated rings. The zero-order valence-electron chi connectivity index (χ0n) is 20.9. The third-order valence-electron chi connectivity index (χ3n) is 5.63. The molecular weight excluding hydrogens is 492 g/mol. The lowest BCUT2D eigenvalue weighted by Gasteiger charge is -2.32. The van der Waals surface area contributed by atoms with Crippen LogP contribution in [-0.4, -0.2) is 41.7 Å². The monoisotopic (exact) mass is 524 g/mol. The highest BCUT2D eigenvalue weighted by atomic mass is 35.5. The second kappa shape index (κ2) is 14.0. The van der Waals surface area contributed by atoms with Crippen molar-refractivity contribution in [2.45, 2.75) is 44.6 Å². The highest BCUT2D eigenvalue weighted by molar-refractivity contribution is 7.99. The van der Waals surface area contributed by atoms with Gasteiger partial charge in [-0.1, -0.05) is 72.3 Å². The van der Waals surface area contributed by atoms with E-state index in [2.05, 4.69) is 5.32 Å². The fourth-order valence-corrected chi connectivity index (χ4v) is 5.04. The summed E-state index contributed by atoms with van der Waals surface area (Å²) < 4.78 is 5.38.